The summed E-state index contributed by atoms with van der Waals surface area (Å²) in [6.07, 6.45) is 7.93. The molecule has 1 fully saturated rings. The highest BCUT2D eigenvalue weighted by atomic mass is 32.1. The topological polar surface area (TPSA) is 32.3 Å². The molecule has 4 nitrogen and oxygen atoms in total. The minimum atomic E-state index is 0.586. The minimum absolute atomic E-state index is 0.586. The Bertz CT molecular complexity index is 880. The Balaban J connectivity index is 1.73. The third-order valence-electron chi connectivity index (χ3n) is 5.73. The van der Waals surface area contributed by atoms with Gasteiger partial charge >= 0.3 is 0 Å². The second-order valence-electron chi connectivity index (χ2n) is 7.60. The summed E-state index contributed by atoms with van der Waals surface area (Å²) >= 11 is 1.78. The largest absolute Gasteiger partial charge is 0.353 e. The van der Waals surface area contributed by atoms with Crippen LogP contribution in [-0.4, -0.2) is 47.6 Å². The maximum atomic E-state index is 4.79. The van der Waals surface area contributed by atoms with Gasteiger partial charge in [0.2, 0.25) is 0 Å². The number of thiophene rings is 1. The Morgan fingerprint density at radius 3 is 2.50 bits per heavy atom. The van der Waals surface area contributed by atoms with E-state index in [1.165, 1.54) is 41.2 Å². The molecule has 138 valence electrons. The molecule has 0 bridgehead atoms. The molecule has 26 heavy (non-hydrogen) atoms. The van der Waals surface area contributed by atoms with Crippen molar-refractivity contribution in [1.82, 2.24) is 14.9 Å². The van der Waals surface area contributed by atoms with E-state index < -0.39 is 0 Å². The molecule has 0 aliphatic heterocycles. The fraction of sp³-hybridized carbons (Fsp3) is 0.524. The van der Waals surface area contributed by atoms with E-state index in [2.05, 4.69) is 60.1 Å². The third-order valence-corrected chi connectivity index (χ3v) is 6.81. The van der Waals surface area contributed by atoms with E-state index in [0.29, 0.717) is 6.04 Å². The van der Waals surface area contributed by atoms with Gasteiger partial charge in [-0.15, -0.1) is 11.3 Å². The molecule has 1 aliphatic rings. The first-order chi connectivity index (χ1) is 12.7. The summed E-state index contributed by atoms with van der Waals surface area (Å²) in [7, 11) is 4.42. The van der Waals surface area contributed by atoms with Crippen molar-refractivity contribution in [2.75, 3.05) is 25.5 Å². The van der Waals surface area contributed by atoms with Crippen LogP contribution in [0.1, 0.15) is 39.0 Å². The van der Waals surface area contributed by atoms with Crippen molar-refractivity contribution < 1.29 is 0 Å². The van der Waals surface area contributed by atoms with Gasteiger partial charge in [-0.3, -0.25) is 0 Å². The number of anilines is 1. The average molecular weight is 369 g/mol. The van der Waals surface area contributed by atoms with Crippen molar-refractivity contribution in [3.8, 4) is 0 Å². The molecule has 0 N–H and O–H groups in total. The van der Waals surface area contributed by atoms with Crippen LogP contribution < -0.4 is 4.90 Å². The monoisotopic (exact) mass is 368 g/mol. The standard InChI is InChI=1S/C21H28N4S/c1-4-13-25(16-11-9-15(10-12-16)24(2)3)20-19-17-7-5-6-8-18(17)26-21(19)23-14-22-20/h5-8,14-16H,4,9-13H2,1-3H3. The number of rotatable bonds is 5. The molecule has 0 unspecified atom stereocenters. The molecule has 5 heteroatoms. The van der Waals surface area contributed by atoms with Crippen molar-refractivity contribution in [2.24, 2.45) is 0 Å². The van der Waals surface area contributed by atoms with E-state index in [-0.39, 0.29) is 0 Å². The highest BCUT2D eigenvalue weighted by Crippen LogP contribution is 2.39. The Morgan fingerprint density at radius 1 is 1.04 bits per heavy atom. The Labute approximate surface area is 159 Å². The molecule has 2 heterocycles. The molecule has 2 aromatic heterocycles. The highest BCUT2D eigenvalue weighted by Gasteiger charge is 2.28. The van der Waals surface area contributed by atoms with E-state index >= 15 is 0 Å². The number of aromatic nitrogens is 2. The predicted molar refractivity (Wildman–Crippen MR) is 112 cm³/mol. The maximum Gasteiger partial charge on any atom is 0.141 e. The van der Waals surface area contributed by atoms with Gasteiger partial charge in [0.05, 0.1) is 5.39 Å². The van der Waals surface area contributed by atoms with Gasteiger partial charge in [-0.2, -0.15) is 0 Å². The zero-order valence-electron chi connectivity index (χ0n) is 16.0. The van der Waals surface area contributed by atoms with E-state index in [9.17, 15) is 0 Å². The minimum Gasteiger partial charge on any atom is -0.353 e. The van der Waals surface area contributed by atoms with Crippen LogP contribution in [0.3, 0.4) is 0 Å². The van der Waals surface area contributed by atoms with Gasteiger partial charge in [0.1, 0.15) is 17.0 Å². The van der Waals surface area contributed by atoms with E-state index in [0.717, 1.165) is 29.7 Å². The summed E-state index contributed by atoms with van der Waals surface area (Å²) in [6.45, 7) is 3.33. The molecule has 1 saturated carbocycles. The first kappa shape index (κ1) is 17.7. The van der Waals surface area contributed by atoms with Gasteiger partial charge in [0, 0.05) is 28.7 Å². The van der Waals surface area contributed by atoms with Crippen molar-refractivity contribution >= 4 is 37.5 Å². The number of hydrogen-bond acceptors (Lipinski definition) is 5. The summed E-state index contributed by atoms with van der Waals surface area (Å²) in [6, 6.07) is 9.95. The smallest absolute Gasteiger partial charge is 0.141 e. The van der Waals surface area contributed by atoms with Crippen LogP contribution in [0, 0.1) is 0 Å². The molecular formula is C21H28N4S. The van der Waals surface area contributed by atoms with Crippen LogP contribution in [-0.2, 0) is 0 Å². The first-order valence-corrected chi connectivity index (χ1v) is 10.6. The second kappa shape index (κ2) is 7.49. The number of benzene rings is 1. The van der Waals surface area contributed by atoms with Crippen LogP contribution in [0.15, 0.2) is 30.6 Å². The normalized spacial score (nSPS) is 20.9. The molecule has 1 aliphatic carbocycles. The lowest BCUT2D eigenvalue weighted by molar-refractivity contribution is 0.213. The van der Waals surface area contributed by atoms with Gasteiger partial charge in [-0.1, -0.05) is 25.1 Å². The molecular weight excluding hydrogens is 340 g/mol. The molecule has 0 atom stereocenters. The van der Waals surface area contributed by atoms with Crippen molar-refractivity contribution in [3.05, 3.63) is 30.6 Å². The van der Waals surface area contributed by atoms with Crippen molar-refractivity contribution in [2.45, 2.75) is 51.1 Å². The predicted octanol–water partition coefficient (Wildman–Crippen LogP) is 4.93. The van der Waals surface area contributed by atoms with Crippen LogP contribution >= 0.6 is 11.3 Å². The Hall–Kier alpha value is -1.72. The fourth-order valence-corrected chi connectivity index (χ4v) is 5.38. The lowest BCUT2D eigenvalue weighted by Crippen LogP contribution is -2.43. The summed E-state index contributed by atoms with van der Waals surface area (Å²) in [5.41, 5.74) is 0. The molecule has 0 spiro atoms. The SMILES string of the molecule is CCCN(c1ncnc2sc3ccccc3c12)C1CCC(N(C)C)CC1. The summed E-state index contributed by atoms with van der Waals surface area (Å²) in [4.78, 5) is 15.4. The van der Waals surface area contributed by atoms with Crippen LogP contribution in [0.2, 0.25) is 0 Å². The van der Waals surface area contributed by atoms with Crippen LogP contribution in [0.5, 0.6) is 0 Å². The number of nitrogens with zero attached hydrogens (tertiary/aromatic N) is 4. The quantitative estimate of drug-likeness (QED) is 0.639. The maximum absolute atomic E-state index is 4.79. The van der Waals surface area contributed by atoms with E-state index in [1.54, 1.807) is 17.7 Å². The summed E-state index contributed by atoms with van der Waals surface area (Å²) in [5, 5.41) is 2.54. The lowest BCUT2D eigenvalue weighted by Gasteiger charge is -2.39. The molecule has 3 aromatic rings. The van der Waals surface area contributed by atoms with E-state index in [4.69, 9.17) is 4.98 Å². The molecule has 4 rings (SSSR count). The van der Waals surface area contributed by atoms with Gasteiger partial charge < -0.3 is 9.80 Å². The average Bonchev–Trinajstić information content (AvgIpc) is 3.05. The molecule has 0 amide bonds. The van der Waals surface area contributed by atoms with E-state index in [1.807, 2.05) is 0 Å². The van der Waals surface area contributed by atoms with Gasteiger partial charge in [0.15, 0.2) is 0 Å². The van der Waals surface area contributed by atoms with Crippen molar-refractivity contribution in [3.63, 3.8) is 0 Å². The Kier molecular flexibility index (Phi) is 5.09. The molecule has 0 saturated heterocycles. The second-order valence-corrected chi connectivity index (χ2v) is 8.63. The van der Waals surface area contributed by atoms with Crippen molar-refractivity contribution in [1.29, 1.82) is 0 Å². The number of hydrogen-bond donors (Lipinski definition) is 0. The zero-order chi connectivity index (χ0) is 18.1. The van der Waals surface area contributed by atoms with Gasteiger partial charge in [0.25, 0.3) is 0 Å². The van der Waals surface area contributed by atoms with Crippen LogP contribution in [0.25, 0.3) is 20.3 Å². The van der Waals surface area contributed by atoms with Crippen LogP contribution in [0.4, 0.5) is 5.82 Å². The fourth-order valence-electron chi connectivity index (χ4n) is 4.35. The molecule has 1 aromatic carbocycles. The highest BCUT2D eigenvalue weighted by molar-refractivity contribution is 7.25. The summed E-state index contributed by atoms with van der Waals surface area (Å²) < 4.78 is 1.30. The van der Waals surface area contributed by atoms with Gasteiger partial charge in [-0.05, 0) is 52.3 Å². The lowest BCUT2D eigenvalue weighted by atomic mass is 9.89. The molecule has 0 radical (unpaired) electrons. The third kappa shape index (κ3) is 3.19. The Morgan fingerprint density at radius 2 is 1.77 bits per heavy atom. The first-order valence-electron chi connectivity index (χ1n) is 9.74. The zero-order valence-corrected chi connectivity index (χ0v) is 16.8. The summed E-state index contributed by atoms with van der Waals surface area (Å²) in [5.74, 6) is 1.14. The number of fused-ring (bicyclic) bond motifs is 3. The van der Waals surface area contributed by atoms with Gasteiger partial charge in [-0.25, -0.2) is 9.97 Å².